The van der Waals surface area contributed by atoms with Crippen molar-refractivity contribution < 1.29 is 8.95 Å². The molecule has 2 atom stereocenters. The van der Waals surface area contributed by atoms with Crippen molar-refractivity contribution in [2.75, 3.05) is 18.6 Å². The first-order valence-corrected chi connectivity index (χ1v) is 10.4. The molecule has 0 bridgehead atoms. The number of fused-ring (bicyclic) bond motifs is 1. The summed E-state index contributed by atoms with van der Waals surface area (Å²) in [5.41, 5.74) is 8.81. The number of imidazole rings is 1. The van der Waals surface area contributed by atoms with Gasteiger partial charge in [-0.25, -0.2) is 9.97 Å². The summed E-state index contributed by atoms with van der Waals surface area (Å²) in [6.07, 6.45) is 3.40. The van der Waals surface area contributed by atoms with Crippen LogP contribution in [0.2, 0.25) is 0 Å². The van der Waals surface area contributed by atoms with Gasteiger partial charge in [0.15, 0.2) is 5.82 Å². The number of pyridine rings is 1. The Hall–Kier alpha value is -2.25. The first-order valence-electron chi connectivity index (χ1n) is 9.10. The highest BCUT2D eigenvalue weighted by atomic mass is 32.2. The lowest BCUT2D eigenvalue weighted by Gasteiger charge is -2.14. The van der Waals surface area contributed by atoms with Crippen molar-refractivity contribution in [3.8, 4) is 0 Å². The van der Waals surface area contributed by atoms with Crippen molar-refractivity contribution in [2.24, 2.45) is 0 Å². The van der Waals surface area contributed by atoms with Crippen LogP contribution in [-0.2, 0) is 22.1 Å². The van der Waals surface area contributed by atoms with Gasteiger partial charge in [-0.2, -0.15) is 0 Å². The monoisotopic (exact) mass is 386 g/mol. The van der Waals surface area contributed by atoms with Gasteiger partial charge in [-0.3, -0.25) is 4.21 Å². The van der Waals surface area contributed by atoms with Crippen LogP contribution in [-0.4, -0.2) is 31.6 Å². The summed E-state index contributed by atoms with van der Waals surface area (Å²) in [5, 5.41) is 0. The molecular formula is C20H26N4O2S. The number of hydrogen-bond donors (Lipinski definition) is 1. The molecular weight excluding hydrogens is 360 g/mol. The summed E-state index contributed by atoms with van der Waals surface area (Å²) in [4.78, 5) is 9.80. The van der Waals surface area contributed by atoms with Gasteiger partial charge in [0.2, 0.25) is 0 Å². The van der Waals surface area contributed by atoms with Gasteiger partial charge in [0.05, 0.1) is 16.3 Å². The topological polar surface area (TPSA) is 83.0 Å². The molecule has 2 N–H and O–H groups in total. The fourth-order valence-corrected chi connectivity index (χ4v) is 4.34. The van der Waals surface area contributed by atoms with Crippen molar-refractivity contribution in [3.63, 3.8) is 0 Å². The summed E-state index contributed by atoms with van der Waals surface area (Å²) >= 11 is 0. The largest absolute Gasteiger partial charge is 0.382 e. The predicted octanol–water partition coefficient (Wildman–Crippen LogP) is 3.62. The van der Waals surface area contributed by atoms with E-state index in [0.717, 1.165) is 46.7 Å². The van der Waals surface area contributed by atoms with Crippen LogP contribution in [0.3, 0.4) is 0 Å². The molecule has 2 heterocycles. The minimum atomic E-state index is -0.962. The van der Waals surface area contributed by atoms with Gasteiger partial charge in [-0.05, 0) is 44.4 Å². The van der Waals surface area contributed by atoms with Crippen LogP contribution in [0.4, 0.5) is 5.82 Å². The predicted molar refractivity (Wildman–Crippen MR) is 109 cm³/mol. The van der Waals surface area contributed by atoms with Crippen molar-refractivity contribution in [1.29, 1.82) is 0 Å². The third-order valence-corrected chi connectivity index (χ3v) is 6.15. The Labute approximate surface area is 162 Å². The van der Waals surface area contributed by atoms with Gasteiger partial charge in [0.1, 0.15) is 17.4 Å². The molecule has 144 valence electrons. The van der Waals surface area contributed by atoms with E-state index in [1.54, 1.807) is 13.3 Å². The fourth-order valence-electron chi connectivity index (χ4n) is 3.17. The Bertz CT molecular complexity index is 940. The average molecular weight is 387 g/mol. The molecule has 2 unspecified atom stereocenters. The number of aromatic nitrogens is 3. The molecule has 0 spiro atoms. The zero-order valence-corrected chi connectivity index (χ0v) is 16.8. The van der Waals surface area contributed by atoms with E-state index in [4.69, 9.17) is 15.5 Å². The minimum absolute atomic E-state index is 0.144. The van der Waals surface area contributed by atoms with Gasteiger partial charge in [-0.1, -0.05) is 18.2 Å². The summed E-state index contributed by atoms with van der Waals surface area (Å²) in [6, 6.07) is 9.61. The Kier molecular flexibility index (Phi) is 6.23. The van der Waals surface area contributed by atoms with Gasteiger partial charge in [0.25, 0.3) is 0 Å². The number of nitrogens with two attached hydrogens (primary N) is 1. The highest BCUT2D eigenvalue weighted by molar-refractivity contribution is 7.85. The second-order valence-corrected chi connectivity index (χ2v) is 8.16. The fraction of sp³-hybridized carbons (Fsp3) is 0.400. The van der Waals surface area contributed by atoms with Crippen LogP contribution < -0.4 is 5.73 Å². The molecule has 1 aromatic carbocycles. The SMILES string of the molecule is COC(C)c1nc2c(N)ncc(C)c2n1CCCCS(=O)c1ccccc1. The third-order valence-electron chi connectivity index (χ3n) is 4.70. The second-order valence-electron chi connectivity index (χ2n) is 6.59. The number of nitrogens with zero attached hydrogens (tertiary/aromatic N) is 3. The van der Waals surface area contributed by atoms with E-state index in [0.29, 0.717) is 11.6 Å². The number of aryl methyl sites for hydroxylation is 2. The number of nitrogen functional groups attached to an aromatic ring is 1. The number of hydrogen-bond acceptors (Lipinski definition) is 5. The number of methoxy groups -OCH3 is 1. The van der Waals surface area contributed by atoms with Crippen molar-refractivity contribution in [2.45, 2.75) is 44.2 Å². The molecule has 27 heavy (non-hydrogen) atoms. The molecule has 3 rings (SSSR count). The zero-order valence-electron chi connectivity index (χ0n) is 16.0. The summed E-state index contributed by atoms with van der Waals surface area (Å²) in [5.74, 6) is 1.93. The molecule has 0 saturated heterocycles. The number of rotatable bonds is 8. The first kappa shape index (κ1) is 19.5. The molecule has 7 heteroatoms. The van der Waals surface area contributed by atoms with E-state index in [1.165, 1.54) is 0 Å². The van der Waals surface area contributed by atoms with Crippen LogP contribution in [0.15, 0.2) is 41.4 Å². The highest BCUT2D eigenvalue weighted by Crippen LogP contribution is 2.28. The molecule has 0 aliphatic heterocycles. The molecule has 0 aliphatic rings. The van der Waals surface area contributed by atoms with Crippen LogP contribution in [0, 0.1) is 6.92 Å². The average Bonchev–Trinajstić information content (AvgIpc) is 3.09. The van der Waals surface area contributed by atoms with Gasteiger partial charge < -0.3 is 15.0 Å². The molecule has 0 amide bonds. The Balaban J connectivity index is 1.76. The van der Waals surface area contributed by atoms with Crippen LogP contribution in [0.25, 0.3) is 11.0 Å². The zero-order chi connectivity index (χ0) is 19.4. The van der Waals surface area contributed by atoms with Crippen LogP contribution >= 0.6 is 0 Å². The van der Waals surface area contributed by atoms with E-state index >= 15 is 0 Å². The van der Waals surface area contributed by atoms with Crippen molar-refractivity contribution in [3.05, 3.63) is 47.9 Å². The van der Waals surface area contributed by atoms with Crippen LogP contribution in [0.1, 0.15) is 37.3 Å². The third kappa shape index (κ3) is 4.20. The van der Waals surface area contributed by atoms with Crippen molar-refractivity contribution >= 4 is 27.7 Å². The maximum absolute atomic E-state index is 12.4. The number of benzene rings is 1. The number of ether oxygens (including phenoxy) is 1. The van der Waals surface area contributed by atoms with E-state index < -0.39 is 10.8 Å². The van der Waals surface area contributed by atoms with Crippen molar-refractivity contribution in [1.82, 2.24) is 14.5 Å². The quantitative estimate of drug-likeness (QED) is 0.598. The molecule has 2 aromatic heterocycles. The summed E-state index contributed by atoms with van der Waals surface area (Å²) < 4.78 is 20.1. The standard InChI is InChI=1S/C20H26N4O2S/c1-14-13-22-19(21)17-18(14)24(20(23-17)15(2)26-3)11-7-8-12-27(25)16-9-5-4-6-10-16/h4-6,9-10,13,15H,7-8,11-12H2,1-3H3,(H2,21,22). The minimum Gasteiger partial charge on any atom is -0.382 e. The Morgan fingerprint density at radius 3 is 2.70 bits per heavy atom. The summed E-state index contributed by atoms with van der Waals surface area (Å²) in [6.45, 7) is 4.76. The normalized spacial score (nSPS) is 13.7. The van der Waals surface area contributed by atoms with E-state index in [1.807, 2.05) is 44.2 Å². The molecule has 6 nitrogen and oxygen atoms in total. The lowest BCUT2D eigenvalue weighted by atomic mass is 10.2. The van der Waals surface area contributed by atoms with Gasteiger partial charge in [-0.15, -0.1) is 0 Å². The van der Waals surface area contributed by atoms with E-state index in [2.05, 4.69) is 9.55 Å². The lowest BCUT2D eigenvalue weighted by Crippen LogP contribution is -2.10. The molecule has 0 aliphatic carbocycles. The first-order chi connectivity index (χ1) is 13.0. The molecule has 3 aromatic rings. The second kappa shape index (κ2) is 8.63. The van der Waals surface area contributed by atoms with Gasteiger partial charge in [0, 0.05) is 30.5 Å². The Morgan fingerprint density at radius 2 is 2.00 bits per heavy atom. The molecule has 0 fully saturated rings. The smallest absolute Gasteiger partial charge is 0.151 e. The Morgan fingerprint density at radius 1 is 1.26 bits per heavy atom. The molecule has 0 saturated carbocycles. The van der Waals surface area contributed by atoms with E-state index in [9.17, 15) is 4.21 Å². The van der Waals surface area contributed by atoms with E-state index in [-0.39, 0.29) is 6.10 Å². The van der Waals surface area contributed by atoms with Crippen LogP contribution in [0.5, 0.6) is 0 Å². The number of unbranched alkanes of at least 4 members (excludes halogenated alkanes) is 1. The molecule has 0 radical (unpaired) electrons. The maximum Gasteiger partial charge on any atom is 0.151 e. The highest BCUT2D eigenvalue weighted by Gasteiger charge is 2.19. The maximum atomic E-state index is 12.4. The summed E-state index contributed by atoms with van der Waals surface area (Å²) in [7, 11) is 0.710. The van der Waals surface area contributed by atoms with Gasteiger partial charge >= 0.3 is 0 Å². The lowest BCUT2D eigenvalue weighted by molar-refractivity contribution is 0.109. The number of anilines is 1.